The highest BCUT2D eigenvalue weighted by Gasteiger charge is 2.29. The van der Waals surface area contributed by atoms with Crippen molar-refractivity contribution in [1.29, 1.82) is 0 Å². The van der Waals surface area contributed by atoms with E-state index in [1.165, 1.54) is 4.88 Å². The lowest BCUT2D eigenvalue weighted by Gasteiger charge is -2.24. The zero-order valence-electron chi connectivity index (χ0n) is 10.9. The van der Waals surface area contributed by atoms with Crippen LogP contribution in [0.2, 0.25) is 0 Å². The van der Waals surface area contributed by atoms with Crippen molar-refractivity contribution in [2.45, 2.75) is 45.1 Å². The molecule has 1 aliphatic rings. The monoisotopic (exact) mass is 267 g/mol. The van der Waals surface area contributed by atoms with Crippen LogP contribution in [0.25, 0.3) is 0 Å². The molecule has 100 valence electrons. The molecular formula is C14H21NO2S. The molecule has 18 heavy (non-hydrogen) atoms. The SMILES string of the molecule is CCc1ccc(C(=O)N2CCCC2CCCO)s1. The molecule has 1 aromatic rings. The van der Waals surface area contributed by atoms with E-state index in [-0.39, 0.29) is 12.5 Å². The Labute approximate surface area is 112 Å². The number of thiophene rings is 1. The maximum Gasteiger partial charge on any atom is 0.264 e. The first-order chi connectivity index (χ1) is 8.76. The van der Waals surface area contributed by atoms with Crippen molar-refractivity contribution >= 4 is 17.2 Å². The van der Waals surface area contributed by atoms with E-state index in [0.29, 0.717) is 6.04 Å². The Bertz CT molecular complexity index is 402. The van der Waals surface area contributed by atoms with Gasteiger partial charge in [0.1, 0.15) is 0 Å². The summed E-state index contributed by atoms with van der Waals surface area (Å²) in [6.07, 6.45) is 4.88. The average Bonchev–Trinajstić information content (AvgIpc) is 3.04. The molecule has 0 saturated carbocycles. The summed E-state index contributed by atoms with van der Waals surface area (Å²) in [5.41, 5.74) is 0. The van der Waals surface area contributed by atoms with Gasteiger partial charge in [-0.2, -0.15) is 0 Å². The lowest BCUT2D eigenvalue weighted by molar-refractivity contribution is 0.0729. The van der Waals surface area contributed by atoms with Crippen LogP contribution >= 0.6 is 11.3 Å². The van der Waals surface area contributed by atoms with Gasteiger partial charge in [0.05, 0.1) is 4.88 Å². The van der Waals surface area contributed by atoms with E-state index < -0.39 is 0 Å². The van der Waals surface area contributed by atoms with Gasteiger partial charge in [-0.1, -0.05) is 6.92 Å². The van der Waals surface area contributed by atoms with Crippen LogP contribution in [-0.4, -0.2) is 35.1 Å². The molecule has 1 saturated heterocycles. The van der Waals surface area contributed by atoms with Gasteiger partial charge in [-0.25, -0.2) is 0 Å². The molecule has 1 aromatic heterocycles. The van der Waals surface area contributed by atoms with Crippen molar-refractivity contribution in [2.75, 3.05) is 13.2 Å². The summed E-state index contributed by atoms with van der Waals surface area (Å²) in [6.45, 7) is 3.20. The fourth-order valence-electron chi connectivity index (χ4n) is 2.55. The summed E-state index contributed by atoms with van der Waals surface area (Å²) in [4.78, 5) is 16.6. The number of hydrogen-bond acceptors (Lipinski definition) is 3. The molecule has 0 spiro atoms. The number of likely N-dealkylation sites (tertiary alicyclic amines) is 1. The van der Waals surface area contributed by atoms with Crippen molar-refractivity contribution in [2.24, 2.45) is 0 Å². The third-order valence-corrected chi connectivity index (χ3v) is 4.77. The summed E-state index contributed by atoms with van der Waals surface area (Å²) in [5, 5.41) is 8.90. The second-order valence-corrected chi connectivity index (χ2v) is 5.95. The van der Waals surface area contributed by atoms with Crippen molar-refractivity contribution < 1.29 is 9.90 Å². The number of amides is 1. The van der Waals surface area contributed by atoms with E-state index in [0.717, 1.165) is 43.5 Å². The summed E-state index contributed by atoms with van der Waals surface area (Å²) >= 11 is 1.61. The minimum Gasteiger partial charge on any atom is -0.396 e. The molecule has 0 bridgehead atoms. The molecule has 1 amide bonds. The molecule has 4 heteroatoms. The maximum atomic E-state index is 12.4. The minimum atomic E-state index is 0.181. The Hall–Kier alpha value is -0.870. The topological polar surface area (TPSA) is 40.5 Å². The molecule has 0 radical (unpaired) electrons. The first-order valence-corrected chi connectivity index (χ1v) is 7.58. The Morgan fingerprint density at radius 2 is 2.39 bits per heavy atom. The van der Waals surface area contributed by atoms with Crippen LogP contribution in [0, 0.1) is 0 Å². The fraction of sp³-hybridized carbons (Fsp3) is 0.643. The fourth-order valence-corrected chi connectivity index (χ4v) is 3.46. The Balaban J connectivity index is 2.02. The van der Waals surface area contributed by atoms with E-state index >= 15 is 0 Å². The second-order valence-electron chi connectivity index (χ2n) is 4.78. The Kier molecular flexibility index (Phi) is 4.78. The average molecular weight is 267 g/mol. The van der Waals surface area contributed by atoms with Crippen molar-refractivity contribution in [1.82, 2.24) is 4.90 Å². The van der Waals surface area contributed by atoms with Gasteiger partial charge in [0.25, 0.3) is 5.91 Å². The molecular weight excluding hydrogens is 246 g/mol. The van der Waals surface area contributed by atoms with Gasteiger partial charge in [0.15, 0.2) is 0 Å². The normalized spacial score (nSPS) is 19.4. The van der Waals surface area contributed by atoms with E-state index in [1.54, 1.807) is 11.3 Å². The molecule has 3 nitrogen and oxygen atoms in total. The molecule has 2 rings (SSSR count). The lowest BCUT2D eigenvalue weighted by Crippen LogP contribution is -2.35. The number of rotatable bonds is 5. The highest BCUT2D eigenvalue weighted by molar-refractivity contribution is 7.14. The smallest absolute Gasteiger partial charge is 0.264 e. The first kappa shape index (κ1) is 13.6. The van der Waals surface area contributed by atoms with Crippen LogP contribution in [0.3, 0.4) is 0 Å². The molecule has 1 unspecified atom stereocenters. The zero-order valence-corrected chi connectivity index (χ0v) is 11.7. The molecule has 1 fully saturated rings. The van der Waals surface area contributed by atoms with Crippen molar-refractivity contribution in [3.63, 3.8) is 0 Å². The largest absolute Gasteiger partial charge is 0.396 e. The number of carbonyl (C=O) groups is 1. The van der Waals surface area contributed by atoms with Crippen molar-refractivity contribution in [3.8, 4) is 0 Å². The summed E-state index contributed by atoms with van der Waals surface area (Å²) < 4.78 is 0. The van der Waals surface area contributed by atoms with Crippen LogP contribution in [-0.2, 0) is 6.42 Å². The van der Waals surface area contributed by atoms with Gasteiger partial charge >= 0.3 is 0 Å². The number of carbonyl (C=O) groups excluding carboxylic acids is 1. The highest BCUT2D eigenvalue weighted by Crippen LogP contribution is 2.26. The van der Waals surface area contributed by atoms with Gasteiger partial charge in [-0.05, 0) is 44.2 Å². The zero-order chi connectivity index (χ0) is 13.0. The van der Waals surface area contributed by atoms with Gasteiger partial charge in [-0.15, -0.1) is 11.3 Å². The van der Waals surface area contributed by atoms with Gasteiger partial charge in [-0.3, -0.25) is 4.79 Å². The lowest BCUT2D eigenvalue weighted by atomic mass is 10.1. The molecule has 2 heterocycles. The molecule has 0 aromatic carbocycles. The van der Waals surface area contributed by atoms with Crippen LogP contribution in [0.5, 0.6) is 0 Å². The highest BCUT2D eigenvalue weighted by atomic mass is 32.1. The van der Waals surface area contributed by atoms with Gasteiger partial charge in [0.2, 0.25) is 0 Å². The Morgan fingerprint density at radius 3 is 3.06 bits per heavy atom. The van der Waals surface area contributed by atoms with E-state index in [4.69, 9.17) is 5.11 Å². The van der Waals surface area contributed by atoms with Crippen molar-refractivity contribution in [3.05, 3.63) is 21.9 Å². The standard InChI is InChI=1S/C14H21NO2S/c1-2-12-7-8-13(18-12)14(17)15-9-3-5-11(15)6-4-10-16/h7-8,11,16H,2-6,9-10H2,1H3. The van der Waals surface area contributed by atoms with E-state index in [1.807, 2.05) is 11.0 Å². The van der Waals surface area contributed by atoms with Crippen LogP contribution < -0.4 is 0 Å². The number of nitrogens with zero attached hydrogens (tertiary/aromatic N) is 1. The number of aliphatic hydroxyl groups excluding tert-OH is 1. The van der Waals surface area contributed by atoms with E-state index in [9.17, 15) is 4.79 Å². The molecule has 0 aliphatic carbocycles. The minimum absolute atomic E-state index is 0.181. The summed E-state index contributed by atoms with van der Waals surface area (Å²) in [5.74, 6) is 0.181. The quantitative estimate of drug-likeness (QED) is 0.891. The number of aliphatic hydroxyl groups is 1. The molecule has 1 atom stereocenters. The second kappa shape index (κ2) is 6.34. The van der Waals surface area contributed by atoms with Crippen LogP contribution in [0.4, 0.5) is 0 Å². The third-order valence-electron chi connectivity index (χ3n) is 3.55. The van der Waals surface area contributed by atoms with Gasteiger partial charge in [0, 0.05) is 24.1 Å². The summed E-state index contributed by atoms with van der Waals surface area (Å²) in [7, 11) is 0. The van der Waals surface area contributed by atoms with Gasteiger partial charge < -0.3 is 10.0 Å². The first-order valence-electron chi connectivity index (χ1n) is 6.76. The number of aryl methyl sites for hydroxylation is 1. The van der Waals surface area contributed by atoms with Crippen LogP contribution in [0.1, 0.15) is 47.2 Å². The van der Waals surface area contributed by atoms with E-state index in [2.05, 4.69) is 13.0 Å². The third kappa shape index (κ3) is 2.93. The predicted octanol–water partition coefficient (Wildman–Crippen LogP) is 2.69. The Morgan fingerprint density at radius 1 is 1.56 bits per heavy atom. The number of hydrogen-bond donors (Lipinski definition) is 1. The molecule has 1 aliphatic heterocycles. The predicted molar refractivity (Wildman–Crippen MR) is 74.1 cm³/mol. The maximum absolute atomic E-state index is 12.4. The summed E-state index contributed by atoms with van der Waals surface area (Å²) in [6, 6.07) is 4.33. The molecule has 1 N–H and O–H groups in total. The van der Waals surface area contributed by atoms with Crippen LogP contribution in [0.15, 0.2) is 12.1 Å².